The largest absolute Gasteiger partial charge is 0.435 e. The average molecular weight is 346 g/mol. The number of hydrogen-bond acceptors (Lipinski definition) is 3. The number of nitrogens with one attached hydrogen (secondary N) is 1. The summed E-state index contributed by atoms with van der Waals surface area (Å²) in [6, 6.07) is 0.800. The number of carbonyl (C=O) groups excluding carboxylic acids is 1. The minimum Gasteiger partial charge on any atom is -0.353 e. The van der Waals surface area contributed by atoms with Gasteiger partial charge in [0.15, 0.2) is 5.69 Å². The summed E-state index contributed by atoms with van der Waals surface area (Å²) in [5.74, 6) is -0.0854. The van der Waals surface area contributed by atoms with Crippen LogP contribution < -0.4 is 5.32 Å². The Labute approximate surface area is 140 Å². The SMILES string of the molecule is Cc1cc(C(F)(F)F)nn1CCNC(=O)[C@H](C)N1CCCCCC1. The van der Waals surface area contributed by atoms with E-state index in [9.17, 15) is 18.0 Å². The molecule has 1 amide bonds. The van der Waals surface area contributed by atoms with Crippen molar-refractivity contribution in [3.05, 3.63) is 17.5 Å². The van der Waals surface area contributed by atoms with Gasteiger partial charge in [-0.2, -0.15) is 18.3 Å². The zero-order chi connectivity index (χ0) is 17.7. The number of likely N-dealkylation sites (tertiary alicyclic amines) is 1. The molecule has 0 bridgehead atoms. The van der Waals surface area contributed by atoms with Gasteiger partial charge in [0.2, 0.25) is 5.91 Å². The fraction of sp³-hybridized carbons (Fsp3) is 0.750. The van der Waals surface area contributed by atoms with Crippen LogP contribution in [0.4, 0.5) is 13.2 Å². The molecule has 2 rings (SSSR count). The van der Waals surface area contributed by atoms with Gasteiger partial charge in [0.1, 0.15) is 0 Å². The molecule has 1 atom stereocenters. The van der Waals surface area contributed by atoms with Gasteiger partial charge in [0, 0.05) is 12.2 Å². The van der Waals surface area contributed by atoms with Gasteiger partial charge in [-0.05, 0) is 45.8 Å². The molecule has 1 aliphatic heterocycles. The number of nitrogens with zero attached hydrogens (tertiary/aromatic N) is 3. The van der Waals surface area contributed by atoms with Crippen molar-refractivity contribution < 1.29 is 18.0 Å². The fourth-order valence-corrected chi connectivity index (χ4v) is 2.96. The third kappa shape index (κ3) is 4.96. The molecule has 8 heteroatoms. The lowest BCUT2D eigenvalue weighted by atomic mass is 10.2. The summed E-state index contributed by atoms with van der Waals surface area (Å²) in [6.45, 7) is 5.77. The Hall–Kier alpha value is -1.57. The Morgan fingerprint density at radius 3 is 2.46 bits per heavy atom. The molecule has 0 spiro atoms. The number of aryl methyl sites for hydroxylation is 1. The van der Waals surface area contributed by atoms with Gasteiger partial charge in [-0.15, -0.1) is 0 Å². The fourth-order valence-electron chi connectivity index (χ4n) is 2.96. The Bertz CT molecular complexity index is 548. The first kappa shape index (κ1) is 18.8. The normalized spacial score (nSPS) is 18.2. The van der Waals surface area contributed by atoms with Crippen molar-refractivity contribution in [3.63, 3.8) is 0 Å². The molecule has 24 heavy (non-hydrogen) atoms. The van der Waals surface area contributed by atoms with Gasteiger partial charge < -0.3 is 5.32 Å². The van der Waals surface area contributed by atoms with Crippen LogP contribution in [-0.2, 0) is 17.5 Å². The molecule has 0 aliphatic carbocycles. The number of hydrogen-bond donors (Lipinski definition) is 1. The molecule has 1 saturated heterocycles. The van der Waals surface area contributed by atoms with Crippen LogP contribution in [0.15, 0.2) is 6.07 Å². The van der Waals surface area contributed by atoms with Gasteiger partial charge in [-0.25, -0.2) is 0 Å². The molecule has 2 heterocycles. The summed E-state index contributed by atoms with van der Waals surface area (Å²) in [5.41, 5.74) is -0.471. The Balaban J connectivity index is 1.83. The number of halogens is 3. The second-order valence-corrected chi connectivity index (χ2v) is 6.31. The van der Waals surface area contributed by atoms with E-state index in [4.69, 9.17) is 0 Å². The number of aromatic nitrogens is 2. The van der Waals surface area contributed by atoms with E-state index in [-0.39, 0.29) is 25.0 Å². The highest BCUT2D eigenvalue weighted by atomic mass is 19.4. The highest BCUT2D eigenvalue weighted by Crippen LogP contribution is 2.28. The predicted molar refractivity (Wildman–Crippen MR) is 84.5 cm³/mol. The third-order valence-corrected chi connectivity index (χ3v) is 4.46. The molecular weight excluding hydrogens is 321 g/mol. The molecule has 1 N–H and O–H groups in total. The maximum atomic E-state index is 12.6. The maximum absolute atomic E-state index is 12.6. The van der Waals surface area contributed by atoms with E-state index in [0.29, 0.717) is 5.69 Å². The first-order valence-electron chi connectivity index (χ1n) is 8.42. The molecule has 1 aromatic heterocycles. The second-order valence-electron chi connectivity index (χ2n) is 6.31. The van der Waals surface area contributed by atoms with Crippen molar-refractivity contribution in [3.8, 4) is 0 Å². The molecule has 1 aliphatic rings. The van der Waals surface area contributed by atoms with E-state index >= 15 is 0 Å². The van der Waals surface area contributed by atoms with Crippen LogP contribution in [0.2, 0.25) is 0 Å². The quantitative estimate of drug-likeness (QED) is 0.892. The van der Waals surface area contributed by atoms with Crippen LogP contribution in [0, 0.1) is 6.92 Å². The highest BCUT2D eigenvalue weighted by molar-refractivity contribution is 5.81. The van der Waals surface area contributed by atoms with Crippen LogP contribution in [-0.4, -0.2) is 46.3 Å². The summed E-state index contributed by atoms with van der Waals surface area (Å²) in [4.78, 5) is 14.4. The van der Waals surface area contributed by atoms with Crippen LogP contribution in [0.3, 0.4) is 0 Å². The van der Waals surface area contributed by atoms with E-state index in [1.165, 1.54) is 17.5 Å². The zero-order valence-corrected chi connectivity index (χ0v) is 14.2. The standard InChI is InChI=1S/C16H25F3N4O/c1-12-11-14(16(17,18)19)21-23(12)10-7-20-15(24)13(2)22-8-5-3-4-6-9-22/h11,13H,3-10H2,1-2H3,(H,20,24)/t13-/m0/s1. The molecule has 1 fully saturated rings. The third-order valence-electron chi connectivity index (χ3n) is 4.46. The molecular formula is C16H25F3N4O. The van der Waals surface area contributed by atoms with Gasteiger partial charge in [-0.1, -0.05) is 12.8 Å². The van der Waals surface area contributed by atoms with Crippen molar-refractivity contribution >= 4 is 5.91 Å². The lowest BCUT2D eigenvalue weighted by molar-refractivity contribution is -0.141. The minimum atomic E-state index is -4.44. The summed E-state index contributed by atoms with van der Waals surface area (Å²) in [7, 11) is 0. The van der Waals surface area contributed by atoms with E-state index < -0.39 is 11.9 Å². The van der Waals surface area contributed by atoms with Crippen molar-refractivity contribution in [2.24, 2.45) is 0 Å². The van der Waals surface area contributed by atoms with E-state index in [1.807, 2.05) is 6.92 Å². The summed E-state index contributed by atoms with van der Waals surface area (Å²) in [5, 5.41) is 6.36. The van der Waals surface area contributed by atoms with Crippen molar-refractivity contribution in [2.45, 2.75) is 58.3 Å². The first-order valence-corrected chi connectivity index (χ1v) is 8.42. The van der Waals surface area contributed by atoms with Gasteiger partial charge >= 0.3 is 6.18 Å². The Morgan fingerprint density at radius 2 is 1.92 bits per heavy atom. The molecule has 1 aromatic rings. The smallest absolute Gasteiger partial charge is 0.353 e. The van der Waals surface area contributed by atoms with Crippen molar-refractivity contribution in [1.82, 2.24) is 20.0 Å². The summed E-state index contributed by atoms with van der Waals surface area (Å²) >= 11 is 0. The second kappa shape index (κ2) is 8.00. The molecule has 0 saturated carbocycles. The molecule has 0 radical (unpaired) electrons. The minimum absolute atomic E-state index is 0.0854. The van der Waals surface area contributed by atoms with E-state index in [0.717, 1.165) is 32.0 Å². The highest BCUT2D eigenvalue weighted by Gasteiger charge is 2.34. The average Bonchev–Trinajstić information content (AvgIpc) is 2.74. The van der Waals surface area contributed by atoms with Crippen LogP contribution >= 0.6 is 0 Å². The molecule has 5 nitrogen and oxygen atoms in total. The van der Waals surface area contributed by atoms with Crippen molar-refractivity contribution in [1.29, 1.82) is 0 Å². The summed E-state index contributed by atoms with van der Waals surface area (Å²) < 4.78 is 39.2. The molecule has 0 unspecified atom stereocenters. The monoisotopic (exact) mass is 346 g/mol. The predicted octanol–water partition coefficient (Wildman–Crippen LogP) is 2.59. The van der Waals surface area contributed by atoms with Gasteiger partial charge in [-0.3, -0.25) is 14.4 Å². The number of carbonyl (C=O) groups is 1. The zero-order valence-electron chi connectivity index (χ0n) is 14.2. The van der Waals surface area contributed by atoms with Crippen LogP contribution in [0.1, 0.15) is 44.0 Å². The molecule has 136 valence electrons. The lowest BCUT2D eigenvalue weighted by Crippen LogP contribution is -2.46. The summed E-state index contributed by atoms with van der Waals surface area (Å²) in [6.07, 6.45) is 0.158. The van der Waals surface area contributed by atoms with E-state index in [2.05, 4.69) is 15.3 Å². The van der Waals surface area contributed by atoms with Crippen LogP contribution in [0.5, 0.6) is 0 Å². The number of alkyl halides is 3. The van der Waals surface area contributed by atoms with Crippen molar-refractivity contribution in [2.75, 3.05) is 19.6 Å². The Kier molecular flexibility index (Phi) is 6.26. The maximum Gasteiger partial charge on any atom is 0.435 e. The first-order chi connectivity index (χ1) is 11.3. The lowest BCUT2D eigenvalue weighted by Gasteiger charge is -2.26. The number of rotatable bonds is 5. The Morgan fingerprint density at radius 1 is 1.29 bits per heavy atom. The number of amides is 1. The van der Waals surface area contributed by atoms with Gasteiger partial charge in [0.05, 0.1) is 12.6 Å². The van der Waals surface area contributed by atoms with Crippen LogP contribution in [0.25, 0.3) is 0 Å². The molecule has 0 aromatic carbocycles. The van der Waals surface area contributed by atoms with E-state index in [1.54, 1.807) is 6.92 Å². The van der Waals surface area contributed by atoms with Gasteiger partial charge in [0.25, 0.3) is 0 Å². The topological polar surface area (TPSA) is 50.2 Å².